The van der Waals surface area contributed by atoms with Crippen LogP contribution in [0.3, 0.4) is 0 Å². The van der Waals surface area contributed by atoms with Gasteiger partial charge in [0.1, 0.15) is 0 Å². The highest BCUT2D eigenvalue weighted by Gasteiger charge is 2.38. The quantitative estimate of drug-likeness (QED) is 0.808. The first-order chi connectivity index (χ1) is 9.63. The molecule has 6 heteroatoms. The molecule has 0 aromatic heterocycles. The average Bonchev–Trinajstić information content (AvgIpc) is 2.82. The van der Waals surface area contributed by atoms with E-state index < -0.39 is 0 Å². The van der Waals surface area contributed by atoms with Crippen molar-refractivity contribution in [1.82, 2.24) is 10.6 Å². The van der Waals surface area contributed by atoms with E-state index in [-0.39, 0.29) is 17.5 Å². The predicted octanol–water partition coefficient (Wildman–Crippen LogP) is 1.53. The summed E-state index contributed by atoms with van der Waals surface area (Å²) in [5, 5.41) is 7.48. The molecule has 0 radical (unpaired) electrons. The number of rotatable bonds is 5. The number of amides is 1. The van der Waals surface area contributed by atoms with Gasteiger partial charge in [0.2, 0.25) is 5.91 Å². The van der Waals surface area contributed by atoms with Crippen LogP contribution in [-0.2, 0) is 9.53 Å². The summed E-state index contributed by atoms with van der Waals surface area (Å²) < 4.78 is 5.41. The van der Waals surface area contributed by atoms with E-state index in [2.05, 4.69) is 22.5 Å². The summed E-state index contributed by atoms with van der Waals surface area (Å²) >= 11 is 1.77. The number of nitrogens with one attached hydrogen (secondary N) is 2. The fourth-order valence-electron chi connectivity index (χ4n) is 2.33. The first-order valence-electron chi connectivity index (χ1n) is 7.46. The summed E-state index contributed by atoms with van der Waals surface area (Å²) in [5.41, 5.74) is 0.181. The largest absolute Gasteiger partial charge is 0.381 e. The van der Waals surface area contributed by atoms with Gasteiger partial charge in [-0.2, -0.15) is 0 Å². The number of carbonyl (C=O) groups is 1. The molecule has 20 heavy (non-hydrogen) atoms. The Morgan fingerprint density at radius 1 is 1.55 bits per heavy atom. The Morgan fingerprint density at radius 2 is 2.30 bits per heavy atom. The third-order valence-electron chi connectivity index (χ3n) is 3.92. The van der Waals surface area contributed by atoms with Gasteiger partial charge in [-0.1, -0.05) is 18.7 Å². The summed E-state index contributed by atoms with van der Waals surface area (Å²) in [6, 6.07) is 0.250. The molecule has 1 unspecified atom stereocenters. The molecule has 0 aromatic carbocycles. The van der Waals surface area contributed by atoms with Crippen LogP contribution in [0.2, 0.25) is 0 Å². The number of thioether (sulfide) groups is 1. The summed E-state index contributed by atoms with van der Waals surface area (Å²) in [7, 11) is 0. The second kappa shape index (κ2) is 7.31. The highest BCUT2D eigenvalue weighted by molar-refractivity contribution is 8.14. The van der Waals surface area contributed by atoms with Crippen molar-refractivity contribution in [2.75, 3.05) is 25.5 Å². The van der Waals surface area contributed by atoms with Crippen LogP contribution in [0.1, 0.15) is 39.5 Å². The molecular weight excluding hydrogens is 274 g/mol. The maximum Gasteiger partial charge on any atom is 0.222 e. The summed E-state index contributed by atoms with van der Waals surface area (Å²) in [5.74, 6) is 1.15. The number of amidine groups is 1. The lowest BCUT2D eigenvalue weighted by molar-refractivity contribution is -0.121. The molecule has 2 aliphatic rings. The van der Waals surface area contributed by atoms with Gasteiger partial charge in [0.25, 0.3) is 0 Å². The standard InChI is InChI=1S/C14H25N3O2S/c1-3-11(2)16-12(18)4-7-15-13-17-14(10-20-13)5-8-19-9-6-14/h11H,3-10H2,1-2H3,(H,15,17)(H,16,18). The number of ether oxygens (including phenoxy) is 1. The van der Waals surface area contributed by atoms with Gasteiger partial charge < -0.3 is 15.4 Å². The van der Waals surface area contributed by atoms with Crippen LogP contribution in [0.5, 0.6) is 0 Å². The van der Waals surface area contributed by atoms with Gasteiger partial charge in [0.05, 0.1) is 12.1 Å². The number of nitrogens with zero attached hydrogens (tertiary/aromatic N) is 1. The second-order valence-corrected chi connectivity index (χ2v) is 6.58. The zero-order valence-electron chi connectivity index (χ0n) is 12.4. The molecule has 1 amide bonds. The molecule has 1 spiro atoms. The first kappa shape index (κ1) is 15.6. The van der Waals surface area contributed by atoms with Crippen LogP contribution in [0.15, 0.2) is 4.99 Å². The van der Waals surface area contributed by atoms with Crippen molar-refractivity contribution in [3.05, 3.63) is 0 Å². The monoisotopic (exact) mass is 299 g/mol. The van der Waals surface area contributed by atoms with Crippen molar-refractivity contribution >= 4 is 22.8 Å². The molecule has 2 fully saturated rings. The van der Waals surface area contributed by atoms with Gasteiger partial charge in [-0.3, -0.25) is 9.79 Å². The Morgan fingerprint density at radius 3 is 3.00 bits per heavy atom. The Bertz CT molecular complexity index is 367. The van der Waals surface area contributed by atoms with E-state index in [9.17, 15) is 4.79 Å². The van der Waals surface area contributed by atoms with E-state index in [0.29, 0.717) is 13.0 Å². The van der Waals surface area contributed by atoms with E-state index in [0.717, 1.165) is 43.4 Å². The first-order valence-corrected chi connectivity index (χ1v) is 8.45. The summed E-state index contributed by atoms with van der Waals surface area (Å²) in [6.45, 7) is 6.31. The van der Waals surface area contributed by atoms with Crippen molar-refractivity contribution in [2.45, 2.75) is 51.1 Å². The summed E-state index contributed by atoms with van der Waals surface area (Å²) in [4.78, 5) is 16.2. The molecule has 2 rings (SSSR count). The number of aliphatic imine (C=N–C) groups is 1. The van der Waals surface area contributed by atoms with E-state index >= 15 is 0 Å². The van der Waals surface area contributed by atoms with Crippen molar-refractivity contribution < 1.29 is 9.53 Å². The zero-order chi connectivity index (χ0) is 14.4. The fraction of sp³-hybridized carbons (Fsp3) is 0.857. The topological polar surface area (TPSA) is 62.7 Å². The smallest absolute Gasteiger partial charge is 0.222 e. The average molecular weight is 299 g/mol. The number of carbonyl (C=O) groups excluding carboxylic acids is 1. The Kier molecular flexibility index (Phi) is 5.72. The maximum atomic E-state index is 11.7. The van der Waals surface area contributed by atoms with Gasteiger partial charge in [0, 0.05) is 31.4 Å². The third-order valence-corrected chi connectivity index (χ3v) is 5.12. The molecule has 114 valence electrons. The Labute approximate surface area is 125 Å². The number of hydrogen-bond acceptors (Lipinski definition) is 4. The van der Waals surface area contributed by atoms with Crippen molar-refractivity contribution in [3.63, 3.8) is 0 Å². The predicted molar refractivity (Wildman–Crippen MR) is 83.2 cm³/mol. The minimum Gasteiger partial charge on any atom is -0.381 e. The lowest BCUT2D eigenvalue weighted by Gasteiger charge is -2.32. The van der Waals surface area contributed by atoms with Gasteiger partial charge in [-0.05, 0) is 26.2 Å². The third kappa shape index (κ3) is 4.38. The van der Waals surface area contributed by atoms with Crippen LogP contribution in [-0.4, -0.2) is 48.2 Å². The van der Waals surface area contributed by atoms with Crippen LogP contribution in [0.4, 0.5) is 0 Å². The SMILES string of the molecule is CCC(C)NC(=O)CCN=C1NC2(CCOCC2)CS1. The van der Waals surface area contributed by atoms with E-state index in [1.807, 2.05) is 6.92 Å². The maximum absolute atomic E-state index is 11.7. The molecule has 0 aromatic rings. The van der Waals surface area contributed by atoms with E-state index in [1.54, 1.807) is 11.8 Å². The second-order valence-electron chi connectivity index (χ2n) is 5.62. The van der Waals surface area contributed by atoms with Crippen LogP contribution in [0.25, 0.3) is 0 Å². The van der Waals surface area contributed by atoms with Gasteiger partial charge in [-0.25, -0.2) is 0 Å². The molecule has 1 atom stereocenters. The molecule has 2 N–H and O–H groups in total. The molecule has 0 saturated carbocycles. The molecule has 0 bridgehead atoms. The molecule has 0 aliphatic carbocycles. The number of hydrogen-bond donors (Lipinski definition) is 2. The lowest BCUT2D eigenvalue weighted by atomic mass is 9.93. The van der Waals surface area contributed by atoms with Crippen LogP contribution < -0.4 is 10.6 Å². The molecule has 2 saturated heterocycles. The van der Waals surface area contributed by atoms with E-state index in [1.165, 1.54) is 0 Å². The zero-order valence-corrected chi connectivity index (χ0v) is 13.2. The molecule has 2 aliphatic heterocycles. The minimum atomic E-state index is 0.0903. The highest BCUT2D eigenvalue weighted by atomic mass is 32.2. The molecular formula is C14H25N3O2S. The van der Waals surface area contributed by atoms with Gasteiger partial charge in [-0.15, -0.1) is 0 Å². The summed E-state index contributed by atoms with van der Waals surface area (Å²) in [6.07, 6.45) is 3.52. The van der Waals surface area contributed by atoms with Crippen molar-refractivity contribution in [1.29, 1.82) is 0 Å². The molecule has 5 nitrogen and oxygen atoms in total. The fourth-order valence-corrected chi connectivity index (χ4v) is 3.58. The Balaban J connectivity index is 1.72. The minimum absolute atomic E-state index is 0.0903. The normalized spacial score (nSPS) is 24.6. The van der Waals surface area contributed by atoms with Gasteiger partial charge in [0.15, 0.2) is 5.17 Å². The lowest BCUT2D eigenvalue weighted by Crippen LogP contribution is -2.48. The van der Waals surface area contributed by atoms with Gasteiger partial charge >= 0.3 is 0 Å². The van der Waals surface area contributed by atoms with Crippen LogP contribution in [0, 0.1) is 0 Å². The Hall–Kier alpha value is -0.750. The van der Waals surface area contributed by atoms with E-state index in [4.69, 9.17) is 4.74 Å². The van der Waals surface area contributed by atoms with Crippen molar-refractivity contribution in [2.24, 2.45) is 4.99 Å². The highest BCUT2D eigenvalue weighted by Crippen LogP contribution is 2.31. The van der Waals surface area contributed by atoms with Crippen LogP contribution >= 0.6 is 11.8 Å². The van der Waals surface area contributed by atoms with Crippen molar-refractivity contribution in [3.8, 4) is 0 Å². The molecule has 2 heterocycles.